The van der Waals surface area contributed by atoms with E-state index in [0.717, 1.165) is 13.3 Å². The molecule has 0 aliphatic heterocycles. The molecule has 0 aromatic rings. The van der Waals surface area contributed by atoms with Crippen LogP contribution in [0.25, 0.3) is 0 Å². The van der Waals surface area contributed by atoms with Crippen LogP contribution in [-0.4, -0.2) is 17.7 Å². The Morgan fingerprint density at radius 1 is 1.75 bits per heavy atom. The molecule has 0 aromatic heterocycles. The van der Waals surface area contributed by atoms with Gasteiger partial charge in [-0.3, -0.25) is 9.59 Å². The summed E-state index contributed by atoms with van der Waals surface area (Å²) >= 11 is 0. The lowest BCUT2D eigenvalue weighted by molar-refractivity contribution is -0.137. The minimum Gasteiger partial charge on any atom is -0.299 e. The summed E-state index contributed by atoms with van der Waals surface area (Å²) in [4.78, 5) is 21.3. The highest BCUT2D eigenvalue weighted by molar-refractivity contribution is 6.00. The van der Waals surface area contributed by atoms with Crippen molar-refractivity contribution in [1.82, 2.24) is 0 Å². The van der Waals surface area contributed by atoms with Crippen molar-refractivity contribution in [1.29, 1.82) is 0 Å². The molecule has 2 unspecified atom stereocenters. The van der Waals surface area contributed by atoms with Gasteiger partial charge in [-0.15, -0.1) is 0 Å². The molecule has 0 spiro atoms. The molecule has 0 saturated carbocycles. The summed E-state index contributed by atoms with van der Waals surface area (Å²) in [5.41, 5.74) is -2.28. The first-order valence-electron chi connectivity index (χ1n) is 3.94. The van der Waals surface area contributed by atoms with E-state index in [1.165, 1.54) is 0 Å². The lowest BCUT2D eigenvalue weighted by Gasteiger charge is -2.20. The monoisotopic (exact) mass is 170 g/mol. The van der Waals surface area contributed by atoms with Crippen LogP contribution in [0.3, 0.4) is 0 Å². The maximum absolute atomic E-state index is 13.6. The summed E-state index contributed by atoms with van der Waals surface area (Å²) in [5.74, 6) is -1.25. The van der Waals surface area contributed by atoms with Crippen molar-refractivity contribution in [3.8, 4) is 0 Å². The largest absolute Gasteiger partial charge is 0.299 e. The zero-order valence-electron chi connectivity index (χ0n) is 6.92. The van der Waals surface area contributed by atoms with Gasteiger partial charge in [-0.05, 0) is 19.8 Å². The number of carbonyl (C=O) groups is 2. The van der Waals surface area contributed by atoms with Crippen LogP contribution in [-0.2, 0) is 9.59 Å². The van der Waals surface area contributed by atoms with Crippen LogP contribution in [0.5, 0.6) is 0 Å². The Morgan fingerprint density at radius 2 is 2.42 bits per heavy atom. The summed E-state index contributed by atoms with van der Waals surface area (Å²) in [6, 6.07) is 0. The molecule has 0 aromatic carbocycles. The maximum Gasteiger partial charge on any atom is 0.228 e. The van der Waals surface area contributed by atoms with Gasteiger partial charge in [0.1, 0.15) is 0 Å². The Morgan fingerprint density at radius 3 is 2.75 bits per heavy atom. The number of allylic oxidation sites excluding steroid dienone is 2. The van der Waals surface area contributed by atoms with Crippen molar-refractivity contribution < 1.29 is 14.0 Å². The van der Waals surface area contributed by atoms with Crippen molar-refractivity contribution >= 4 is 12.1 Å². The average molecular weight is 170 g/mol. The fourth-order valence-electron chi connectivity index (χ4n) is 1.41. The van der Waals surface area contributed by atoms with Crippen LogP contribution >= 0.6 is 0 Å². The van der Waals surface area contributed by atoms with Crippen LogP contribution < -0.4 is 0 Å². The van der Waals surface area contributed by atoms with E-state index in [0.29, 0.717) is 6.42 Å². The molecule has 0 amide bonds. The summed E-state index contributed by atoms with van der Waals surface area (Å²) in [6.45, 7) is 1.11. The number of alkyl halides is 1. The fourth-order valence-corrected chi connectivity index (χ4v) is 1.41. The van der Waals surface area contributed by atoms with E-state index in [-0.39, 0.29) is 6.29 Å². The van der Waals surface area contributed by atoms with Gasteiger partial charge in [0.05, 0.1) is 0 Å². The lowest BCUT2D eigenvalue weighted by Crippen LogP contribution is -2.40. The highest BCUT2D eigenvalue weighted by Crippen LogP contribution is 2.31. The molecule has 66 valence electrons. The number of aldehydes is 1. The quantitative estimate of drug-likeness (QED) is 0.365. The van der Waals surface area contributed by atoms with Gasteiger partial charge in [0.15, 0.2) is 12.1 Å². The second-order valence-corrected chi connectivity index (χ2v) is 3.05. The molecule has 0 heterocycles. The summed E-state index contributed by atoms with van der Waals surface area (Å²) in [5, 5.41) is 0. The van der Waals surface area contributed by atoms with E-state index >= 15 is 0 Å². The number of halogens is 1. The molecule has 1 rings (SSSR count). The zero-order valence-corrected chi connectivity index (χ0v) is 6.92. The molecule has 0 bridgehead atoms. The summed E-state index contributed by atoms with van der Waals surface area (Å²) in [7, 11) is 0. The van der Waals surface area contributed by atoms with Crippen molar-refractivity contribution in [2.45, 2.75) is 25.4 Å². The van der Waals surface area contributed by atoms with Crippen LogP contribution in [0.2, 0.25) is 0 Å². The molecule has 2 nitrogen and oxygen atoms in total. The van der Waals surface area contributed by atoms with Crippen molar-refractivity contribution in [3.05, 3.63) is 12.2 Å². The summed E-state index contributed by atoms with van der Waals surface area (Å²) in [6.07, 6.45) is 4.82. The second-order valence-electron chi connectivity index (χ2n) is 3.05. The molecule has 0 N–H and O–H groups in total. The third kappa shape index (κ3) is 1.31. The highest BCUT2D eigenvalue weighted by Gasteiger charge is 2.43. The van der Waals surface area contributed by atoms with Gasteiger partial charge in [0.2, 0.25) is 5.67 Å². The predicted octanol–water partition coefficient (Wildman–Crippen LogP) is 1.45. The third-order valence-electron chi connectivity index (χ3n) is 2.26. The van der Waals surface area contributed by atoms with Gasteiger partial charge < -0.3 is 0 Å². The van der Waals surface area contributed by atoms with Crippen LogP contribution in [0.15, 0.2) is 12.2 Å². The van der Waals surface area contributed by atoms with E-state index in [9.17, 15) is 14.0 Å². The fraction of sp³-hybridized carbons (Fsp3) is 0.556. The molecular weight excluding hydrogens is 159 g/mol. The van der Waals surface area contributed by atoms with Gasteiger partial charge in [0, 0.05) is 5.92 Å². The smallest absolute Gasteiger partial charge is 0.228 e. The number of Topliss-reactive ketones (excluding diaryl/α,β-unsaturated/α-hetero) is 1. The molecule has 0 fully saturated rings. The Bertz CT molecular complexity index is 235. The number of hydrogen-bond acceptors (Lipinski definition) is 2. The van der Waals surface area contributed by atoms with Gasteiger partial charge >= 0.3 is 0 Å². The van der Waals surface area contributed by atoms with Gasteiger partial charge in [0.25, 0.3) is 0 Å². The van der Waals surface area contributed by atoms with E-state index in [2.05, 4.69) is 0 Å². The Labute approximate surface area is 70.5 Å². The number of carbonyl (C=O) groups excluding carboxylic acids is 2. The van der Waals surface area contributed by atoms with E-state index < -0.39 is 17.4 Å². The van der Waals surface area contributed by atoms with Crippen LogP contribution in [0.4, 0.5) is 4.39 Å². The normalized spacial score (nSPS) is 26.7. The SMILES string of the molecule is CC(=O)C(F)(C=O)C1C=CCC1. The van der Waals surface area contributed by atoms with Crippen molar-refractivity contribution in [3.63, 3.8) is 0 Å². The van der Waals surface area contributed by atoms with E-state index in [4.69, 9.17) is 0 Å². The summed E-state index contributed by atoms with van der Waals surface area (Å²) < 4.78 is 13.6. The van der Waals surface area contributed by atoms with Crippen LogP contribution in [0, 0.1) is 5.92 Å². The number of ketones is 1. The van der Waals surface area contributed by atoms with Gasteiger partial charge in [-0.25, -0.2) is 4.39 Å². The molecule has 2 atom stereocenters. The number of rotatable bonds is 3. The van der Waals surface area contributed by atoms with Crippen LogP contribution in [0.1, 0.15) is 19.8 Å². The molecule has 0 saturated heterocycles. The molecule has 1 aliphatic rings. The minimum absolute atomic E-state index is 0.121. The first-order chi connectivity index (χ1) is 5.61. The average Bonchev–Trinajstić information content (AvgIpc) is 2.54. The minimum atomic E-state index is -2.28. The Hall–Kier alpha value is -0.990. The first kappa shape index (κ1) is 9.10. The third-order valence-corrected chi connectivity index (χ3v) is 2.26. The maximum atomic E-state index is 13.6. The number of hydrogen-bond donors (Lipinski definition) is 0. The first-order valence-corrected chi connectivity index (χ1v) is 3.94. The second kappa shape index (κ2) is 3.17. The molecule has 1 aliphatic carbocycles. The Balaban J connectivity index is 2.85. The van der Waals surface area contributed by atoms with Crippen molar-refractivity contribution in [2.75, 3.05) is 0 Å². The standard InChI is InChI=1S/C9H11FO2/c1-7(12)9(10,6-11)8-4-2-3-5-8/h2,4,6,8H,3,5H2,1H3. The molecular formula is C9H11FO2. The van der Waals surface area contributed by atoms with E-state index in [1.54, 1.807) is 12.2 Å². The lowest BCUT2D eigenvalue weighted by atomic mass is 9.87. The van der Waals surface area contributed by atoms with E-state index in [1.807, 2.05) is 0 Å². The zero-order chi connectivity index (χ0) is 9.19. The highest BCUT2D eigenvalue weighted by atomic mass is 19.1. The van der Waals surface area contributed by atoms with Gasteiger partial charge in [-0.2, -0.15) is 0 Å². The predicted molar refractivity (Wildman–Crippen MR) is 42.4 cm³/mol. The van der Waals surface area contributed by atoms with Crippen molar-refractivity contribution in [2.24, 2.45) is 5.92 Å². The Kier molecular flexibility index (Phi) is 2.40. The topological polar surface area (TPSA) is 34.1 Å². The molecule has 0 radical (unpaired) electrons. The molecule has 12 heavy (non-hydrogen) atoms. The molecule has 3 heteroatoms. The van der Waals surface area contributed by atoms with Gasteiger partial charge in [-0.1, -0.05) is 12.2 Å².